The van der Waals surface area contributed by atoms with E-state index >= 15 is 0 Å². The van der Waals surface area contributed by atoms with Gasteiger partial charge in [-0.1, -0.05) is 0 Å². The standard InChI is InChI=1S/C11H21N5OS/c1-3-13-11(18)16-14-9-5-4-8(6-7-17)10(9)15-12-2/h8,12,17H,3-7H2,1-2H3,(H2,13,16,18)/b14-9+,15-10+. The average Bonchev–Trinajstić information content (AvgIpc) is 2.71. The van der Waals surface area contributed by atoms with Gasteiger partial charge in [0.05, 0.1) is 11.4 Å². The van der Waals surface area contributed by atoms with Crippen LogP contribution in [-0.4, -0.2) is 41.8 Å². The number of nitrogens with zero attached hydrogens (tertiary/aromatic N) is 2. The first-order chi connectivity index (χ1) is 8.72. The zero-order valence-electron chi connectivity index (χ0n) is 10.9. The number of nitrogens with one attached hydrogen (secondary N) is 3. The molecule has 1 aliphatic rings. The van der Waals surface area contributed by atoms with Gasteiger partial charge in [0.2, 0.25) is 0 Å². The smallest absolute Gasteiger partial charge is 0.186 e. The molecule has 6 nitrogen and oxygen atoms in total. The van der Waals surface area contributed by atoms with Crippen molar-refractivity contribution < 1.29 is 5.11 Å². The maximum Gasteiger partial charge on any atom is 0.186 e. The molecule has 0 aromatic carbocycles. The van der Waals surface area contributed by atoms with Crippen molar-refractivity contribution >= 4 is 28.8 Å². The van der Waals surface area contributed by atoms with Crippen LogP contribution in [0, 0.1) is 5.92 Å². The Kier molecular flexibility index (Phi) is 6.59. The van der Waals surface area contributed by atoms with Crippen LogP contribution in [0.1, 0.15) is 26.2 Å². The molecular formula is C11H21N5OS. The highest BCUT2D eigenvalue weighted by Gasteiger charge is 2.28. The molecule has 0 heterocycles. The molecule has 1 fully saturated rings. The number of aliphatic hydroxyl groups is 1. The first-order valence-electron chi connectivity index (χ1n) is 6.18. The van der Waals surface area contributed by atoms with Crippen molar-refractivity contribution in [2.24, 2.45) is 16.1 Å². The summed E-state index contributed by atoms with van der Waals surface area (Å²) in [5.74, 6) is 0.274. The lowest BCUT2D eigenvalue weighted by molar-refractivity contribution is 0.273. The topological polar surface area (TPSA) is 81.0 Å². The van der Waals surface area contributed by atoms with E-state index in [1.807, 2.05) is 6.92 Å². The molecule has 0 bridgehead atoms. The Bertz CT molecular complexity index is 342. The summed E-state index contributed by atoms with van der Waals surface area (Å²) < 4.78 is 0. The normalized spacial score (nSPS) is 23.4. The van der Waals surface area contributed by atoms with E-state index in [1.165, 1.54) is 0 Å². The Hall–Kier alpha value is -1.21. The van der Waals surface area contributed by atoms with Gasteiger partial charge in [-0.05, 0) is 38.4 Å². The molecule has 0 aliphatic heterocycles. The monoisotopic (exact) mass is 271 g/mol. The molecule has 0 amide bonds. The van der Waals surface area contributed by atoms with Gasteiger partial charge in [-0.25, -0.2) is 0 Å². The number of aliphatic hydroxyl groups excluding tert-OH is 1. The summed E-state index contributed by atoms with van der Waals surface area (Å²) in [7, 11) is 1.76. The SMILES string of the molecule is CCNC(=S)N/N=C1\CCC(CCO)\C1=N/NC. The fourth-order valence-electron chi connectivity index (χ4n) is 1.96. The lowest BCUT2D eigenvalue weighted by Gasteiger charge is -2.09. The second-order valence-electron chi connectivity index (χ2n) is 4.00. The molecule has 1 aliphatic carbocycles. The third-order valence-corrected chi connectivity index (χ3v) is 2.99. The molecule has 1 atom stereocenters. The van der Waals surface area contributed by atoms with E-state index < -0.39 is 0 Å². The Morgan fingerprint density at radius 3 is 2.89 bits per heavy atom. The van der Waals surface area contributed by atoms with Crippen molar-refractivity contribution in [1.82, 2.24) is 16.2 Å². The molecule has 0 aromatic rings. The molecular weight excluding hydrogens is 250 g/mol. The Labute approximate surface area is 113 Å². The van der Waals surface area contributed by atoms with Gasteiger partial charge in [-0.15, -0.1) is 0 Å². The highest BCUT2D eigenvalue weighted by molar-refractivity contribution is 7.80. The number of thiocarbonyl (C=S) groups is 1. The van der Waals surface area contributed by atoms with Gasteiger partial charge in [0, 0.05) is 26.1 Å². The van der Waals surface area contributed by atoms with Gasteiger partial charge in [-0.2, -0.15) is 10.2 Å². The Morgan fingerprint density at radius 1 is 1.50 bits per heavy atom. The fraction of sp³-hybridized carbons (Fsp3) is 0.727. The number of hydrogen-bond acceptors (Lipinski definition) is 5. The van der Waals surface area contributed by atoms with Crippen LogP contribution >= 0.6 is 12.2 Å². The summed E-state index contributed by atoms with van der Waals surface area (Å²) in [5, 5.41) is 21.0. The molecule has 1 unspecified atom stereocenters. The van der Waals surface area contributed by atoms with Gasteiger partial charge >= 0.3 is 0 Å². The predicted octanol–water partition coefficient (Wildman–Crippen LogP) is 0.194. The van der Waals surface area contributed by atoms with Gasteiger partial charge in [0.25, 0.3) is 0 Å². The molecule has 4 N–H and O–H groups in total. The first kappa shape index (κ1) is 14.8. The zero-order chi connectivity index (χ0) is 13.4. The molecule has 0 spiro atoms. The van der Waals surface area contributed by atoms with Crippen LogP contribution in [0.5, 0.6) is 0 Å². The van der Waals surface area contributed by atoms with Gasteiger partial charge in [0.15, 0.2) is 5.11 Å². The third-order valence-electron chi connectivity index (χ3n) is 2.75. The van der Waals surface area contributed by atoms with E-state index in [9.17, 15) is 0 Å². The molecule has 102 valence electrons. The highest BCUT2D eigenvalue weighted by Crippen LogP contribution is 2.23. The second-order valence-corrected chi connectivity index (χ2v) is 4.41. The summed E-state index contributed by atoms with van der Waals surface area (Å²) in [4.78, 5) is 0. The summed E-state index contributed by atoms with van der Waals surface area (Å²) in [6.07, 6.45) is 2.54. The largest absolute Gasteiger partial charge is 0.396 e. The van der Waals surface area contributed by atoms with E-state index in [1.54, 1.807) is 7.05 Å². The molecule has 1 rings (SSSR count). The minimum atomic E-state index is 0.171. The van der Waals surface area contributed by atoms with Crippen LogP contribution < -0.4 is 16.2 Å². The predicted molar refractivity (Wildman–Crippen MR) is 77.8 cm³/mol. The van der Waals surface area contributed by atoms with E-state index in [0.29, 0.717) is 5.11 Å². The van der Waals surface area contributed by atoms with Crippen LogP contribution in [0.25, 0.3) is 0 Å². The summed E-state index contributed by atoms with van der Waals surface area (Å²) >= 11 is 5.05. The van der Waals surface area contributed by atoms with Crippen molar-refractivity contribution in [1.29, 1.82) is 0 Å². The molecule has 0 saturated heterocycles. The minimum absolute atomic E-state index is 0.171. The van der Waals surface area contributed by atoms with Crippen molar-refractivity contribution in [3.8, 4) is 0 Å². The van der Waals surface area contributed by atoms with Crippen molar-refractivity contribution in [3.05, 3.63) is 0 Å². The van der Waals surface area contributed by atoms with Gasteiger partial charge in [0.1, 0.15) is 0 Å². The number of hydrazone groups is 2. The van der Waals surface area contributed by atoms with Crippen LogP contribution in [0.3, 0.4) is 0 Å². The number of rotatable bonds is 5. The third kappa shape index (κ3) is 4.23. The van der Waals surface area contributed by atoms with E-state index in [0.717, 1.165) is 37.2 Å². The summed E-state index contributed by atoms with van der Waals surface area (Å²) in [5.41, 5.74) is 7.42. The average molecular weight is 271 g/mol. The number of hydrogen-bond donors (Lipinski definition) is 4. The fourth-order valence-corrected chi connectivity index (χ4v) is 2.15. The van der Waals surface area contributed by atoms with Crippen LogP contribution in [-0.2, 0) is 0 Å². The maximum atomic E-state index is 9.03. The zero-order valence-corrected chi connectivity index (χ0v) is 11.7. The van der Waals surface area contributed by atoms with Gasteiger partial charge in [-0.3, -0.25) is 5.43 Å². The van der Waals surface area contributed by atoms with Crippen LogP contribution in [0.4, 0.5) is 0 Å². The van der Waals surface area contributed by atoms with E-state index in [2.05, 4.69) is 26.4 Å². The first-order valence-corrected chi connectivity index (χ1v) is 6.59. The Morgan fingerprint density at radius 2 is 2.28 bits per heavy atom. The maximum absolute atomic E-state index is 9.03. The molecule has 18 heavy (non-hydrogen) atoms. The van der Waals surface area contributed by atoms with Gasteiger partial charge < -0.3 is 15.8 Å². The summed E-state index contributed by atoms with van der Waals surface area (Å²) in [6.45, 7) is 2.91. The van der Waals surface area contributed by atoms with Crippen molar-refractivity contribution in [2.45, 2.75) is 26.2 Å². The molecule has 1 saturated carbocycles. The minimum Gasteiger partial charge on any atom is -0.396 e. The van der Waals surface area contributed by atoms with Crippen LogP contribution in [0.15, 0.2) is 10.2 Å². The quantitative estimate of drug-likeness (QED) is 0.424. The van der Waals surface area contributed by atoms with Crippen LogP contribution in [0.2, 0.25) is 0 Å². The van der Waals surface area contributed by atoms with E-state index in [-0.39, 0.29) is 12.5 Å². The lowest BCUT2D eigenvalue weighted by Crippen LogP contribution is -2.33. The molecule has 7 heteroatoms. The van der Waals surface area contributed by atoms with Crippen molar-refractivity contribution in [3.63, 3.8) is 0 Å². The Balaban J connectivity index is 2.67. The second kappa shape index (κ2) is 7.99. The molecule has 0 radical (unpaired) electrons. The summed E-state index contributed by atoms with van der Waals surface area (Å²) in [6, 6.07) is 0. The van der Waals surface area contributed by atoms with Crippen molar-refractivity contribution in [2.75, 3.05) is 20.2 Å². The van der Waals surface area contributed by atoms with E-state index in [4.69, 9.17) is 17.3 Å². The highest BCUT2D eigenvalue weighted by atomic mass is 32.1. The lowest BCUT2D eigenvalue weighted by atomic mass is 10.0. The molecule has 0 aromatic heterocycles.